The van der Waals surface area contributed by atoms with Gasteiger partial charge in [0, 0.05) is 5.75 Å². The fourth-order valence-corrected chi connectivity index (χ4v) is 0.430. The highest BCUT2D eigenvalue weighted by Gasteiger charge is 1.84. The Morgan fingerprint density at radius 1 is 2.00 bits per heavy atom. The maximum absolute atomic E-state index is 9.85. The average Bonchev–Trinajstić information content (AvgIpc) is 1.61. The molecule has 0 heterocycles. The zero-order chi connectivity index (χ0) is 5.70. The van der Waals surface area contributed by atoms with Crippen molar-refractivity contribution >= 4 is 18.0 Å². The van der Waals surface area contributed by atoms with Gasteiger partial charge in [-0.25, -0.2) is 4.79 Å². The van der Waals surface area contributed by atoms with Crippen LogP contribution in [0.15, 0.2) is 0 Å². The van der Waals surface area contributed by atoms with Gasteiger partial charge in [0.15, 0.2) is 0 Å². The second kappa shape index (κ2) is 3.80. The van der Waals surface area contributed by atoms with E-state index in [4.69, 9.17) is 5.73 Å². The molecule has 0 saturated carbocycles. The van der Waals surface area contributed by atoms with E-state index in [2.05, 4.69) is 4.72 Å². The average molecular weight is 120 g/mol. The van der Waals surface area contributed by atoms with Crippen LogP contribution in [0.5, 0.6) is 0 Å². The highest BCUT2D eigenvalue weighted by atomic mass is 32.2. The van der Waals surface area contributed by atoms with Crippen LogP contribution in [0.2, 0.25) is 0 Å². The Hall–Kier alpha value is -0.380. The van der Waals surface area contributed by atoms with E-state index in [1.807, 2.05) is 6.92 Å². The van der Waals surface area contributed by atoms with Gasteiger partial charge in [-0.05, 0) is 11.9 Å². The number of nitrogens with one attached hydrogen (secondary N) is 1. The lowest BCUT2D eigenvalue weighted by molar-refractivity contribution is 0.254. The van der Waals surface area contributed by atoms with E-state index in [0.29, 0.717) is 0 Å². The van der Waals surface area contributed by atoms with E-state index in [1.165, 1.54) is 11.9 Å². The summed E-state index contributed by atoms with van der Waals surface area (Å²) >= 11 is 1.29. The number of nitrogens with two attached hydrogens (primary N) is 1. The molecule has 0 aliphatic rings. The van der Waals surface area contributed by atoms with E-state index >= 15 is 0 Å². The predicted octanol–water partition coefficient (Wildman–Crippen LogP) is 0.323. The molecule has 0 aliphatic heterocycles. The van der Waals surface area contributed by atoms with Crippen LogP contribution in [0, 0.1) is 0 Å². The lowest BCUT2D eigenvalue weighted by atomic mass is 11.0. The molecular weight excluding hydrogens is 112 g/mol. The van der Waals surface area contributed by atoms with E-state index in [9.17, 15) is 4.79 Å². The molecule has 0 fully saturated rings. The van der Waals surface area contributed by atoms with E-state index in [0.717, 1.165) is 5.75 Å². The van der Waals surface area contributed by atoms with E-state index in [-0.39, 0.29) is 0 Å². The van der Waals surface area contributed by atoms with Gasteiger partial charge in [-0.3, -0.25) is 4.72 Å². The third-order valence-electron chi connectivity index (χ3n) is 0.317. The molecule has 0 unspecified atom stereocenters. The molecule has 3 N–H and O–H groups in total. The van der Waals surface area contributed by atoms with Crippen molar-refractivity contribution in [1.82, 2.24) is 4.72 Å². The fraction of sp³-hybridized carbons (Fsp3) is 0.667. The third-order valence-corrected chi connectivity index (χ3v) is 0.951. The van der Waals surface area contributed by atoms with Crippen LogP contribution in [-0.2, 0) is 0 Å². The third kappa shape index (κ3) is 5.62. The normalized spacial score (nSPS) is 8.14. The lowest BCUT2D eigenvalue weighted by Gasteiger charge is -1.92. The Labute approximate surface area is 46.8 Å². The number of primary amides is 1. The van der Waals surface area contributed by atoms with Crippen LogP contribution >= 0.6 is 11.9 Å². The second-order valence-corrected chi connectivity index (χ2v) is 1.97. The van der Waals surface area contributed by atoms with Gasteiger partial charge in [0.25, 0.3) is 0 Å². The molecule has 42 valence electrons. The predicted molar refractivity (Wildman–Crippen MR) is 30.9 cm³/mol. The standard InChI is InChI=1S/C3H8N2OS/c1-2-7-5-3(4)6/h2H2,1H3,(H3,4,5,6). The smallest absolute Gasteiger partial charge is 0.322 e. The summed E-state index contributed by atoms with van der Waals surface area (Å²) in [7, 11) is 0. The molecular formula is C3H8N2OS. The SMILES string of the molecule is CCSNC(N)=O. The molecule has 0 atom stereocenters. The first-order valence-electron chi connectivity index (χ1n) is 1.94. The molecule has 0 aromatic carbocycles. The van der Waals surface area contributed by atoms with Gasteiger partial charge in [-0.15, -0.1) is 0 Å². The van der Waals surface area contributed by atoms with Crippen molar-refractivity contribution in [3.63, 3.8) is 0 Å². The molecule has 4 heteroatoms. The molecule has 3 nitrogen and oxygen atoms in total. The summed E-state index contributed by atoms with van der Waals surface area (Å²) in [6.07, 6.45) is 0. The van der Waals surface area contributed by atoms with Crippen LogP contribution in [0.25, 0.3) is 0 Å². The molecule has 7 heavy (non-hydrogen) atoms. The summed E-state index contributed by atoms with van der Waals surface area (Å²) in [5.41, 5.74) is 4.71. The molecule has 0 aromatic heterocycles. The van der Waals surface area contributed by atoms with Crippen molar-refractivity contribution in [3.8, 4) is 0 Å². The molecule has 0 bridgehead atoms. The largest absolute Gasteiger partial charge is 0.351 e. The monoisotopic (exact) mass is 120 g/mol. The minimum absolute atomic E-state index is 0.480. The Balaban J connectivity index is 2.82. The number of hydrogen-bond donors (Lipinski definition) is 2. The number of urea groups is 1. The molecule has 0 spiro atoms. The van der Waals surface area contributed by atoms with Crippen molar-refractivity contribution in [3.05, 3.63) is 0 Å². The Kier molecular flexibility index (Phi) is 3.59. The van der Waals surface area contributed by atoms with Crippen molar-refractivity contribution < 1.29 is 4.79 Å². The van der Waals surface area contributed by atoms with Gasteiger partial charge in [0.1, 0.15) is 0 Å². The fourth-order valence-electron chi connectivity index (χ4n) is 0.143. The minimum Gasteiger partial charge on any atom is -0.351 e. The Morgan fingerprint density at radius 2 is 2.57 bits per heavy atom. The van der Waals surface area contributed by atoms with Gasteiger partial charge >= 0.3 is 6.03 Å². The van der Waals surface area contributed by atoms with Crippen LogP contribution in [0.4, 0.5) is 4.79 Å². The van der Waals surface area contributed by atoms with E-state index in [1.54, 1.807) is 0 Å². The highest BCUT2D eigenvalue weighted by Crippen LogP contribution is 1.86. The van der Waals surface area contributed by atoms with Crippen LogP contribution in [0.1, 0.15) is 6.92 Å². The molecule has 0 aliphatic carbocycles. The Morgan fingerprint density at radius 3 is 2.71 bits per heavy atom. The quantitative estimate of drug-likeness (QED) is 0.516. The molecule has 0 aromatic rings. The Bertz CT molecular complexity index is 66.0. The molecule has 0 saturated heterocycles. The summed E-state index contributed by atoms with van der Waals surface area (Å²) in [4.78, 5) is 9.85. The number of rotatable bonds is 2. The summed E-state index contributed by atoms with van der Waals surface area (Å²) in [5, 5.41) is 0. The summed E-state index contributed by atoms with van der Waals surface area (Å²) < 4.78 is 2.35. The molecule has 0 radical (unpaired) electrons. The number of carbonyl (C=O) groups excluding carboxylic acids is 1. The van der Waals surface area contributed by atoms with E-state index < -0.39 is 6.03 Å². The van der Waals surface area contributed by atoms with Gasteiger partial charge in [-0.1, -0.05) is 6.92 Å². The van der Waals surface area contributed by atoms with Crippen LogP contribution in [-0.4, -0.2) is 11.8 Å². The number of hydrogen-bond acceptors (Lipinski definition) is 2. The zero-order valence-electron chi connectivity index (χ0n) is 4.10. The van der Waals surface area contributed by atoms with Crippen LogP contribution < -0.4 is 10.5 Å². The van der Waals surface area contributed by atoms with Crippen molar-refractivity contribution in [2.45, 2.75) is 6.92 Å². The molecule has 0 rings (SSSR count). The first kappa shape index (κ1) is 6.62. The van der Waals surface area contributed by atoms with Gasteiger partial charge in [0.2, 0.25) is 0 Å². The van der Waals surface area contributed by atoms with Gasteiger partial charge < -0.3 is 5.73 Å². The van der Waals surface area contributed by atoms with Crippen molar-refractivity contribution in [2.24, 2.45) is 5.73 Å². The first-order chi connectivity index (χ1) is 3.27. The highest BCUT2D eigenvalue weighted by molar-refractivity contribution is 7.97. The zero-order valence-corrected chi connectivity index (χ0v) is 4.92. The first-order valence-corrected chi connectivity index (χ1v) is 2.93. The number of carbonyl (C=O) groups is 1. The van der Waals surface area contributed by atoms with Crippen molar-refractivity contribution in [1.29, 1.82) is 0 Å². The topological polar surface area (TPSA) is 55.1 Å². The summed E-state index contributed by atoms with van der Waals surface area (Å²) in [6.45, 7) is 1.93. The van der Waals surface area contributed by atoms with Crippen LogP contribution in [0.3, 0.4) is 0 Å². The van der Waals surface area contributed by atoms with Gasteiger partial charge in [-0.2, -0.15) is 0 Å². The van der Waals surface area contributed by atoms with Gasteiger partial charge in [0.05, 0.1) is 0 Å². The summed E-state index contributed by atoms with van der Waals surface area (Å²) in [6, 6.07) is -0.480. The maximum atomic E-state index is 9.85. The maximum Gasteiger partial charge on any atom is 0.322 e. The second-order valence-electron chi connectivity index (χ2n) is 0.899. The van der Waals surface area contributed by atoms with Crippen molar-refractivity contribution in [2.75, 3.05) is 5.75 Å². The lowest BCUT2D eigenvalue weighted by Crippen LogP contribution is -2.22. The minimum atomic E-state index is -0.480. The molecule has 2 amide bonds. The number of amides is 2. The summed E-state index contributed by atoms with van der Waals surface area (Å²) in [5.74, 6) is 0.850.